The van der Waals surface area contributed by atoms with Gasteiger partial charge in [0.1, 0.15) is 34.5 Å². The van der Waals surface area contributed by atoms with Crippen LogP contribution in [0.25, 0.3) is 0 Å². The van der Waals surface area contributed by atoms with E-state index < -0.39 is 9.84 Å². The van der Waals surface area contributed by atoms with Crippen molar-refractivity contribution in [1.29, 1.82) is 0 Å². The Morgan fingerprint density at radius 2 is 0.527 bits per heavy atom. The second kappa shape index (κ2) is 35.0. The molecule has 0 bridgehead atoms. The van der Waals surface area contributed by atoms with E-state index in [0.717, 1.165) is 24.8 Å². The minimum absolute atomic E-state index is 0.0274. The van der Waals surface area contributed by atoms with Crippen LogP contribution in [0.1, 0.15) is 217 Å². The van der Waals surface area contributed by atoms with Gasteiger partial charge in [0.25, 0.3) is 0 Å². The van der Waals surface area contributed by atoms with Crippen LogP contribution in [0.4, 0.5) is 0 Å². The summed E-state index contributed by atoms with van der Waals surface area (Å²) in [6, 6.07) is 94.9. The summed E-state index contributed by atoms with van der Waals surface area (Å²) in [5, 5.41) is 57.0. The molecular weight excluding hydrogens is 1400 g/mol. The molecule has 6 N–H and O–H groups in total. The maximum Gasteiger partial charge on any atom is 0.206 e. The number of hydrogen-bond donors (Lipinski definition) is 6. The molecule has 0 aromatic heterocycles. The lowest BCUT2D eigenvalue weighted by Gasteiger charge is -2.48. The number of aryl methyl sites for hydroxylation is 4. The molecule has 2 unspecified atom stereocenters. The van der Waals surface area contributed by atoms with Crippen molar-refractivity contribution >= 4 is 9.84 Å². The van der Waals surface area contributed by atoms with Crippen LogP contribution in [-0.2, 0) is 42.3 Å². The highest BCUT2D eigenvalue weighted by molar-refractivity contribution is 7.91. The molecule has 0 spiro atoms. The zero-order valence-electron chi connectivity index (χ0n) is 68.4. The van der Waals surface area contributed by atoms with E-state index in [1.165, 1.54) is 140 Å². The topological polar surface area (TPSA) is 156 Å². The summed E-state index contributed by atoms with van der Waals surface area (Å²) in [7, 11) is -3.48. The lowest BCUT2D eigenvalue weighted by atomic mass is 9.55. The summed E-state index contributed by atoms with van der Waals surface area (Å²) in [5.41, 5.74) is 20.4. The molecule has 0 aliphatic heterocycles. The van der Waals surface area contributed by atoms with Crippen molar-refractivity contribution in [2.75, 3.05) is 0 Å². The quantitative estimate of drug-likeness (QED) is 0.0629. The van der Waals surface area contributed by atoms with Crippen LogP contribution < -0.4 is 0 Å². The number of phenols is 6. The third kappa shape index (κ3) is 20.0. The first-order valence-electron chi connectivity index (χ1n) is 39.5. The Morgan fingerprint density at radius 3 is 0.839 bits per heavy atom. The number of aromatic hydroxyl groups is 6. The van der Waals surface area contributed by atoms with Crippen LogP contribution >= 0.6 is 0 Å². The Morgan fingerprint density at radius 1 is 0.295 bits per heavy atom. The van der Waals surface area contributed by atoms with Gasteiger partial charge in [-0.1, -0.05) is 312 Å². The summed E-state index contributed by atoms with van der Waals surface area (Å²) in [4.78, 5) is 0.438. The van der Waals surface area contributed by atoms with Crippen LogP contribution in [0.3, 0.4) is 0 Å². The highest BCUT2D eigenvalue weighted by atomic mass is 32.2. The van der Waals surface area contributed by atoms with Gasteiger partial charge < -0.3 is 30.6 Å². The van der Waals surface area contributed by atoms with E-state index in [1.807, 2.05) is 67.6 Å². The Bertz CT molecular complexity index is 4820. The van der Waals surface area contributed by atoms with Gasteiger partial charge in [-0.25, -0.2) is 8.42 Å². The van der Waals surface area contributed by atoms with E-state index in [1.54, 1.807) is 72.8 Å². The molecule has 2 aliphatic rings. The molecule has 8 nitrogen and oxygen atoms in total. The Kier molecular flexibility index (Phi) is 26.2. The maximum atomic E-state index is 12.2. The highest BCUT2D eigenvalue weighted by Gasteiger charge is 2.45. The largest absolute Gasteiger partial charge is 0.508 e. The molecule has 112 heavy (non-hydrogen) atoms. The van der Waals surface area contributed by atoms with Crippen molar-refractivity contribution in [2.45, 2.75) is 198 Å². The van der Waals surface area contributed by atoms with Crippen molar-refractivity contribution in [2.24, 2.45) is 11.3 Å². The molecule has 12 aromatic rings. The van der Waals surface area contributed by atoms with Crippen molar-refractivity contribution in [3.8, 4) is 34.5 Å². The Balaban J connectivity index is 0.000000150. The molecule has 0 saturated heterocycles. The number of hydrogen-bond acceptors (Lipinski definition) is 8. The predicted octanol–water partition coefficient (Wildman–Crippen LogP) is 25.4. The average Bonchev–Trinajstić information content (AvgIpc) is 0.746. The van der Waals surface area contributed by atoms with Gasteiger partial charge in [-0.05, 0) is 235 Å². The summed E-state index contributed by atoms with van der Waals surface area (Å²) in [6.45, 7) is 33.5. The molecule has 582 valence electrons. The summed E-state index contributed by atoms with van der Waals surface area (Å²) in [6.07, 6.45) is 9.59. The van der Waals surface area contributed by atoms with Gasteiger partial charge in [-0.2, -0.15) is 0 Å². The first-order chi connectivity index (χ1) is 52.9. The molecular formula is C103H116O8S. The highest BCUT2D eigenvalue weighted by Crippen LogP contribution is 2.54. The van der Waals surface area contributed by atoms with E-state index in [-0.39, 0.29) is 48.0 Å². The molecule has 0 amide bonds. The van der Waals surface area contributed by atoms with Crippen molar-refractivity contribution in [3.63, 3.8) is 0 Å². The number of rotatable bonds is 14. The van der Waals surface area contributed by atoms with Gasteiger partial charge in [0.2, 0.25) is 9.84 Å². The third-order valence-electron chi connectivity index (χ3n) is 23.8. The molecule has 12 aromatic carbocycles. The molecule has 2 saturated carbocycles. The van der Waals surface area contributed by atoms with E-state index >= 15 is 0 Å². The zero-order valence-corrected chi connectivity index (χ0v) is 69.2. The van der Waals surface area contributed by atoms with E-state index in [0.29, 0.717) is 40.1 Å². The molecule has 2 fully saturated rings. The first-order valence-corrected chi connectivity index (χ1v) is 40.9. The first kappa shape index (κ1) is 83.9. The molecule has 2 aliphatic carbocycles. The molecule has 9 heteroatoms. The van der Waals surface area contributed by atoms with Crippen molar-refractivity contribution in [3.05, 3.63) is 380 Å². The van der Waals surface area contributed by atoms with Crippen LogP contribution in [-0.4, -0.2) is 39.1 Å². The van der Waals surface area contributed by atoms with Crippen LogP contribution in [0, 0.1) is 39.0 Å². The van der Waals surface area contributed by atoms with Gasteiger partial charge >= 0.3 is 0 Å². The SMILES string of the molecule is Cc1ccc(C(C)(C)c2ccc(C(C)(C)c3ccc(O)cc3)cc2)cc1.Cc1ccc(C(C)(C)c2cccc(C(C)(C)c3ccc(O)cc3)c2)cc1.Cc1ccc(C2(c3ccc(O)cc3)CC(C)CC(C)(C)C2)cc1.Cc1ccc(S(=O)(=O)c2ccc(O)cc2)cc1.Oc1ccc(C2(c3ccc(O)cc3)CCCCC2)cc1. The van der Waals surface area contributed by atoms with Gasteiger partial charge in [-0.3, -0.25) is 0 Å². The molecule has 2 atom stereocenters. The predicted molar refractivity (Wildman–Crippen MR) is 462 cm³/mol. The number of sulfone groups is 1. The smallest absolute Gasteiger partial charge is 0.206 e. The second-order valence-corrected chi connectivity index (χ2v) is 36.3. The van der Waals surface area contributed by atoms with Gasteiger partial charge in [0, 0.05) is 32.5 Å². The standard InChI is InChI=1S/2C25H28O.C22H28O.C18H20O2.C13H12O3S/c1-18-6-8-19(9-7-18)24(2,3)20-10-12-21(13-11-20)25(4,5)22-14-16-23(26)17-15-22;1-18-9-11-19(12-10-18)24(2,3)21-7-6-8-22(17-21)25(4,5)20-13-15-23(26)16-14-20;1-16-5-7-18(8-6-16)22(19-9-11-20(23)12-10-19)14-17(2)13-21(3,4)15-22;19-16-8-4-14(5-9-16)18(12-2-1-3-13-18)15-6-10-17(20)11-7-15;1-10-2-6-12(7-3-10)17(15,16)13-8-4-11(14)5-9-13/h2*6-17,26H,1-5H3;5-12,17,23H,13-15H2,1-4H3;4-11,19-20H,1-3,12-13H2;2-9,14H,1H3. The number of benzene rings is 12. The maximum absolute atomic E-state index is 12.2. The average molecular weight is 1510 g/mol. The lowest BCUT2D eigenvalue weighted by molar-refractivity contribution is 0.127. The van der Waals surface area contributed by atoms with Crippen molar-refractivity contribution < 1.29 is 39.1 Å². The lowest BCUT2D eigenvalue weighted by Crippen LogP contribution is -2.41. The monoisotopic (exact) mass is 1510 g/mol. The minimum atomic E-state index is -3.48. The zero-order chi connectivity index (χ0) is 81.0. The molecule has 0 radical (unpaired) electrons. The summed E-state index contributed by atoms with van der Waals surface area (Å²) < 4.78 is 24.3. The summed E-state index contributed by atoms with van der Waals surface area (Å²) >= 11 is 0. The van der Waals surface area contributed by atoms with Crippen LogP contribution in [0.15, 0.2) is 301 Å². The van der Waals surface area contributed by atoms with E-state index in [4.69, 9.17) is 5.11 Å². The van der Waals surface area contributed by atoms with Gasteiger partial charge in [0.05, 0.1) is 9.79 Å². The normalized spacial score (nSPS) is 16.1. The van der Waals surface area contributed by atoms with Crippen LogP contribution in [0.2, 0.25) is 0 Å². The summed E-state index contributed by atoms with van der Waals surface area (Å²) in [5.74, 6) is 2.31. The van der Waals surface area contributed by atoms with Crippen LogP contribution in [0.5, 0.6) is 34.5 Å². The molecule has 14 rings (SSSR count). The fourth-order valence-electron chi connectivity index (χ4n) is 16.7. The minimum Gasteiger partial charge on any atom is -0.508 e. The second-order valence-electron chi connectivity index (χ2n) is 34.4. The third-order valence-corrected chi connectivity index (χ3v) is 25.6. The van der Waals surface area contributed by atoms with E-state index in [9.17, 15) is 34.0 Å². The fourth-order valence-corrected chi connectivity index (χ4v) is 18.0. The molecule has 0 heterocycles. The van der Waals surface area contributed by atoms with E-state index in [2.05, 4.69) is 230 Å². The Labute approximate surface area is 668 Å². The van der Waals surface area contributed by atoms with Gasteiger partial charge in [-0.15, -0.1) is 0 Å². The number of phenolic OH excluding ortho intramolecular Hbond substituents is 6. The van der Waals surface area contributed by atoms with Crippen molar-refractivity contribution in [1.82, 2.24) is 0 Å². The Hall–Kier alpha value is -10.6. The van der Waals surface area contributed by atoms with Gasteiger partial charge in [0.15, 0.2) is 0 Å². The fraction of sp³-hybridized carbons (Fsp3) is 0.301.